The highest BCUT2D eigenvalue weighted by molar-refractivity contribution is 7.99. The molecule has 1 rings (SSSR count). The molecule has 1 aromatic rings. The van der Waals surface area contributed by atoms with Gasteiger partial charge in [0.2, 0.25) is 0 Å². The minimum absolute atomic E-state index is 0.242. The molecule has 0 amide bonds. The number of thioether (sulfide) groups is 1. The molecule has 0 spiro atoms. The van der Waals surface area contributed by atoms with Crippen molar-refractivity contribution in [2.24, 2.45) is 0 Å². The molecule has 66 valence electrons. The van der Waals surface area contributed by atoms with E-state index in [4.69, 9.17) is 5.11 Å². The van der Waals surface area contributed by atoms with Gasteiger partial charge in [0.15, 0.2) is 0 Å². The minimum atomic E-state index is 0.242. The van der Waals surface area contributed by atoms with E-state index in [-0.39, 0.29) is 6.61 Å². The van der Waals surface area contributed by atoms with Gasteiger partial charge in [-0.3, -0.25) is 0 Å². The Bertz CT molecular complexity index is 225. The second-order valence-electron chi connectivity index (χ2n) is 2.44. The Morgan fingerprint density at radius 2 is 2.25 bits per heavy atom. The Morgan fingerprint density at radius 1 is 1.42 bits per heavy atom. The molecular weight excluding hydrogens is 172 g/mol. The van der Waals surface area contributed by atoms with E-state index in [1.807, 2.05) is 19.1 Å². The van der Waals surface area contributed by atoms with E-state index in [2.05, 4.69) is 10.2 Å². The molecule has 0 fully saturated rings. The molecular formula is C8H12N2OS. The largest absolute Gasteiger partial charge is 0.396 e. The maximum absolute atomic E-state index is 8.54. The molecule has 3 nitrogen and oxygen atoms in total. The number of hydrogen-bond donors (Lipinski definition) is 1. The lowest BCUT2D eigenvalue weighted by Crippen LogP contribution is -1.90. The zero-order valence-electron chi connectivity index (χ0n) is 7.03. The topological polar surface area (TPSA) is 46.0 Å². The van der Waals surface area contributed by atoms with Crippen LogP contribution in [0.4, 0.5) is 0 Å². The summed E-state index contributed by atoms with van der Waals surface area (Å²) >= 11 is 1.62. The molecule has 0 saturated carbocycles. The van der Waals surface area contributed by atoms with Gasteiger partial charge in [0.25, 0.3) is 0 Å². The van der Waals surface area contributed by atoms with E-state index in [9.17, 15) is 0 Å². The predicted octanol–water partition coefficient (Wildman–Crippen LogP) is 1.26. The van der Waals surface area contributed by atoms with Gasteiger partial charge < -0.3 is 5.11 Å². The Labute approximate surface area is 76.2 Å². The molecule has 0 radical (unpaired) electrons. The van der Waals surface area contributed by atoms with Crippen LogP contribution >= 0.6 is 11.8 Å². The first kappa shape index (κ1) is 9.48. The SMILES string of the molecule is Cc1ccc(SCCCO)nn1. The maximum atomic E-state index is 8.54. The van der Waals surface area contributed by atoms with Gasteiger partial charge in [0.05, 0.1) is 5.69 Å². The van der Waals surface area contributed by atoms with E-state index < -0.39 is 0 Å². The summed E-state index contributed by atoms with van der Waals surface area (Å²) in [5.41, 5.74) is 0.932. The highest BCUT2D eigenvalue weighted by Gasteiger charge is 1.94. The smallest absolute Gasteiger partial charge is 0.119 e. The first-order valence-electron chi connectivity index (χ1n) is 3.87. The van der Waals surface area contributed by atoms with Crippen LogP contribution in [0.1, 0.15) is 12.1 Å². The van der Waals surface area contributed by atoms with Crippen molar-refractivity contribution in [2.75, 3.05) is 12.4 Å². The summed E-state index contributed by atoms with van der Waals surface area (Å²) in [6.07, 6.45) is 0.806. The first-order chi connectivity index (χ1) is 5.83. The predicted molar refractivity (Wildman–Crippen MR) is 49.2 cm³/mol. The number of aryl methyl sites for hydroxylation is 1. The highest BCUT2D eigenvalue weighted by Crippen LogP contribution is 2.14. The third-order valence-corrected chi connectivity index (χ3v) is 2.33. The van der Waals surface area contributed by atoms with Crippen LogP contribution in [0.25, 0.3) is 0 Å². The second kappa shape index (κ2) is 5.11. The van der Waals surface area contributed by atoms with Crippen molar-refractivity contribution in [2.45, 2.75) is 18.4 Å². The fraction of sp³-hybridized carbons (Fsp3) is 0.500. The molecule has 12 heavy (non-hydrogen) atoms. The number of nitrogens with zero attached hydrogens (tertiary/aromatic N) is 2. The van der Waals surface area contributed by atoms with Crippen LogP contribution in [0.15, 0.2) is 17.2 Å². The third-order valence-electron chi connectivity index (χ3n) is 1.33. The molecule has 1 heterocycles. The molecule has 0 atom stereocenters. The van der Waals surface area contributed by atoms with Gasteiger partial charge in [-0.25, -0.2) is 0 Å². The molecule has 0 aromatic carbocycles. The normalized spacial score (nSPS) is 10.2. The molecule has 0 bridgehead atoms. The molecule has 1 aromatic heterocycles. The van der Waals surface area contributed by atoms with Crippen molar-refractivity contribution in [3.63, 3.8) is 0 Å². The van der Waals surface area contributed by atoms with Gasteiger partial charge >= 0.3 is 0 Å². The van der Waals surface area contributed by atoms with Crippen molar-refractivity contribution in [1.82, 2.24) is 10.2 Å². The van der Waals surface area contributed by atoms with Gasteiger partial charge in [0, 0.05) is 12.4 Å². The Kier molecular flexibility index (Phi) is 4.04. The molecule has 4 heteroatoms. The van der Waals surface area contributed by atoms with Crippen LogP contribution in [0.3, 0.4) is 0 Å². The molecule has 0 saturated heterocycles. The summed E-state index contributed by atoms with van der Waals surface area (Å²) in [5.74, 6) is 0.897. The van der Waals surface area contributed by atoms with Gasteiger partial charge in [-0.2, -0.15) is 5.10 Å². The summed E-state index contributed by atoms with van der Waals surface area (Å²) in [6.45, 7) is 2.15. The Balaban J connectivity index is 2.37. The second-order valence-corrected chi connectivity index (χ2v) is 3.55. The summed E-state index contributed by atoms with van der Waals surface area (Å²) < 4.78 is 0. The van der Waals surface area contributed by atoms with E-state index in [0.717, 1.165) is 22.9 Å². The Morgan fingerprint density at radius 3 is 2.83 bits per heavy atom. The standard InChI is InChI=1S/C8H12N2OS/c1-7-3-4-8(10-9-7)12-6-2-5-11/h3-4,11H,2,5-6H2,1H3. The maximum Gasteiger partial charge on any atom is 0.119 e. The third kappa shape index (κ3) is 3.19. The monoisotopic (exact) mass is 184 g/mol. The van der Waals surface area contributed by atoms with Crippen molar-refractivity contribution in [3.05, 3.63) is 17.8 Å². The van der Waals surface area contributed by atoms with Crippen molar-refractivity contribution >= 4 is 11.8 Å². The van der Waals surface area contributed by atoms with Crippen LogP contribution in [0.5, 0.6) is 0 Å². The lowest BCUT2D eigenvalue weighted by atomic mass is 10.4. The fourth-order valence-electron chi connectivity index (χ4n) is 0.705. The molecule has 0 unspecified atom stereocenters. The molecule has 0 aliphatic rings. The zero-order valence-corrected chi connectivity index (χ0v) is 7.84. The molecule has 0 aliphatic carbocycles. The van der Waals surface area contributed by atoms with E-state index >= 15 is 0 Å². The molecule has 1 N–H and O–H groups in total. The number of aromatic nitrogens is 2. The number of hydrogen-bond acceptors (Lipinski definition) is 4. The van der Waals surface area contributed by atoms with Crippen molar-refractivity contribution < 1.29 is 5.11 Å². The van der Waals surface area contributed by atoms with Gasteiger partial charge in [-0.15, -0.1) is 16.9 Å². The van der Waals surface area contributed by atoms with Crippen LogP contribution in [0, 0.1) is 6.92 Å². The van der Waals surface area contributed by atoms with Crippen LogP contribution < -0.4 is 0 Å². The average molecular weight is 184 g/mol. The van der Waals surface area contributed by atoms with Crippen LogP contribution in [0.2, 0.25) is 0 Å². The van der Waals surface area contributed by atoms with E-state index in [0.29, 0.717) is 0 Å². The van der Waals surface area contributed by atoms with E-state index in [1.165, 1.54) is 0 Å². The Hall–Kier alpha value is -0.610. The fourth-order valence-corrected chi connectivity index (χ4v) is 1.45. The number of rotatable bonds is 4. The van der Waals surface area contributed by atoms with Gasteiger partial charge in [0.1, 0.15) is 5.03 Å². The van der Waals surface area contributed by atoms with Crippen molar-refractivity contribution in [1.29, 1.82) is 0 Å². The van der Waals surface area contributed by atoms with Gasteiger partial charge in [-0.05, 0) is 25.5 Å². The highest BCUT2D eigenvalue weighted by atomic mass is 32.2. The molecule has 0 aliphatic heterocycles. The summed E-state index contributed by atoms with van der Waals surface area (Å²) in [7, 11) is 0. The first-order valence-corrected chi connectivity index (χ1v) is 4.85. The van der Waals surface area contributed by atoms with E-state index in [1.54, 1.807) is 11.8 Å². The summed E-state index contributed by atoms with van der Waals surface area (Å²) in [5, 5.41) is 17.4. The number of aliphatic hydroxyl groups is 1. The van der Waals surface area contributed by atoms with Crippen molar-refractivity contribution in [3.8, 4) is 0 Å². The summed E-state index contributed by atoms with van der Waals surface area (Å²) in [6, 6.07) is 3.89. The zero-order chi connectivity index (χ0) is 8.81. The quantitative estimate of drug-likeness (QED) is 0.565. The summed E-state index contributed by atoms with van der Waals surface area (Å²) in [4.78, 5) is 0. The van der Waals surface area contributed by atoms with Gasteiger partial charge in [-0.1, -0.05) is 0 Å². The number of aliphatic hydroxyl groups excluding tert-OH is 1. The minimum Gasteiger partial charge on any atom is -0.396 e. The lowest BCUT2D eigenvalue weighted by Gasteiger charge is -1.97. The van der Waals surface area contributed by atoms with Crippen LogP contribution in [-0.2, 0) is 0 Å². The lowest BCUT2D eigenvalue weighted by molar-refractivity contribution is 0.296. The average Bonchev–Trinajstić information content (AvgIpc) is 2.09. The van der Waals surface area contributed by atoms with Crippen LogP contribution in [-0.4, -0.2) is 27.7 Å².